The molecule has 0 aromatic heterocycles. The molecule has 0 amide bonds. The number of likely N-dealkylation sites (tertiary alicyclic amines) is 1. The van der Waals surface area contributed by atoms with Gasteiger partial charge in [-0.05, 0) is 43.7 Å². The largest absolute Gasteiger partial charge is 0.484 e. The standard InChI is InChI=1S/C15H21F3N2O/c1-2-20-9-7-13(8-10-20)19-12-3-5-14(6-4-12)21-11-15(16,17)18/h3-6,13,19H,2,7-11H2,1H3. The molecule has 0 atom stereocenters. The van der Waals surface area contributed by atoms with Crippen LogP contribution in [-0.4, -0.2) is 43.4 Å². The van der Waals surface area contributed by atoms with Gasteiger partial charge in [-0.15, -0.1) is 0 Å². The number of nitrogens with zero attached hydrogens (tertiary/aromatic N) is 1. The molecule has 0 unspecified atom stereocenters. The highest BCUT2D eigenvalue weighted by Gasteiger charge is 2.28. The lowest BCUT2D eigenvalue weighted by Crippen LogP contribution is -2.38. The lowest BCUT2D eigenvalue weighted by atomic mass is 10.0. The Labute approximate surface area is 123 Å². The van der Waals surface area contributed by atoms with Crippen molar-refractivity contribution in [2.45, 2.75) is 32.0 Å². The average Bonchev–Trinajstić information content (AvgIpc) is 2.46. The van der Waals surface area contributed by atoms with Gasteiger partial charge >= 0.3 is 6.18 Å². The van der Waals surface area contributed by atoms with Crippen molar-refractivity contribution in [3.8, 4) is 5.75 Å². The first-order valence-electron chi connectivity index (χ1n) is 7.25. The zero-order chi connectivity index (χ0) is 15.3. The highest BCUT2D eigenvalue weighted by atomic mass is 19.4. The van der Waals surface area contributed by atoms with Crippen LogP contribution in [0.25, 0.3) is 0 Å². The van der Waals surface area contributed by atoms with E-state index < -0.39 is 12.8 Å². The summed E-state index contributed by atoms with van der Waals surface area (Å²) >= 11 is 0. The molecule has 0 aliphatic carbocycles. The first-order chi connectivity index (χ1) is 9.96. The molecule has 1 saturated heterocycles. The van der Waals surface area contributed by atoms with E-state index in [1.165, 1.54) is 0 Å². The van der Waals surface area contributed by atoms with E-state index in [9.17, 15) is 13.2 Å². The van der Waals surface area contributed by atoms with Gasteiger partial charge in [-0.1, -0.05) is 6.92 Å². The summed E-state index contributed by atoms with van der Waals surface area (Å²) in [4.78, 5) is 2.41. The molecule has 2 rings (SSSR count). The minimum atomic E-state index is -4.30. The van der Waals surface area contributed by atoms with Gasteiger partial charge < -0.3 is 15.0 Å². The maximum absolute atomic E-state index is 12.0. The maximum atomic E-state index is 12.0. The van der Waals surface area contributed by atoms with Crippen molar-refractivity contribution >= 4 is 5.69 Å². The topological polar surface area (TPSA) is 24.5 Å². The van der Waals surface area contributed by atoms with Crippen LogP contribution in [0.3, 0.4) is 0 Å². The Morgan fingerprint density at radius 1 is 1.19 bits per heavy atom. The van der Waals surface area contributed by atoms with E-state index in [1.54, 1.807) is 24.3 Å². The lowest BCUT2D eigenvalue weighted by Gasteiger charge is -2.32. The summed E-state index contributed by atoms with van der Waals surface area (Å²) in [5.74, 6) is 0.235. The van der Waals surface area contributed by atoms with Crippen LogP contribution in [0.15, 0.2) is 24.3 Å². The van der Waals surface area contributed by atoms with Crippen molar-refractivity contribution in [3.63, 3.8) is 0 Å². The third-order valence-electron chi connectivity index (χ3n) is 3.66. The summed E-state index contributed by atoms with van der Waals surface area (Å²) in [6.45, 7) is 4.16. The van der Waals surface area contributed by atoms with Gasteiger partial charge in [-0.3, -0.25) is 0 Å². The molecule has 1 aliphatic heterocycles. The van der Waals surface area contributed by atoms with Gasteiger partial charge in [-0.2, -0.15) is 13.2 Å². The number of piperidine rings is 1. The van der Waals surface area contributed by atoms with Crippen molar-refractivity contribution in [2.75, 3.05) is 31.6 Å². The number of hydrogen-bond donors (Lipinski definition) is 1. The smallest absolute Gasteiger partial charge is 0.422 e. The molecule has 6 heteroatoms. The molecule has 1 aromatic rings. The van der Waals surface area contributed by atoms with Gasteiger partial charge in [0, 0.05) is 24.8 Å². The Morgan fingerprint density at radius 3 is 2.33 bits per heavy atom. The first-order valence-corrected chi connectivity index (χ1v) is 7.25. The molecule has 21 heavy (non-hydrogen) atoms. The Kier molecular flexibility index (Phi) is 5.33. The summed E-state index contributed by atoms with van der Waals surface area (Å²) in [7, 11) is 0. The lowest BCUT2D eigenvalue weighted by molar-refractivity contribution is -0.153. The van der Waals surface area contributed by atoms with Gasteiger partial charge in [-0.25, -0.2) is 0 Å². The molecule has 3 nitrogen and oxygen atoms in total. The van der Waals surface area contributed by atoms with Gasteiger partial charge in [0.15, 0.2) is 6.61 Å². The third-order valence-corrected chi connectivity index (χ3v) is 3.66. The quantitative estimate of drug-likeness (QED) is 0.900. The van der Waals surface area contributed by atoms with Crippen LogP contribution < -0.4 is 10.1 Å². The zero-order valence-electron chi connectivity index (χ0n) is 12.1. The van der Waals surface area contributed by atoms with Crippen LogP contribution in [0.4, 0.5) is 18.9 Å². The Balaban J connectivity index is 1.80. The monoisotopic (exact) mass is 302 g/mol. The van der Waals surface area contributed by atoms with E-state index in [2.05, 4.69) is 21.9 Å². The predicted molar refractivity (Wildman–Crippen MR) is 76.8 cm³/mol. The number of benzene rings is 1. The zero-order valence-corrected chi connectivity index (χ0v) is 12.1. The normalized spacial score (nSPS) is 17.7. The van der Waals surface area contributed by atoms with Crippen LogP contribution >= 0.6 is 0 Å². The van der Waals surface area contributed by atoms with Crippen LogP contribution in [0, 0.1) is 0 Å². The predicted octanol–water partition coefficient (Wildman–Crippen LogP) is 3.52. The number of anilines is 1. The van der Waals surface area contributed by atoms with E-state index in [0.29, 0.717) is 6.04 Å². The second kappa shape index (κ2) is 7.02. The van der Waals surface area contributed by atoms with E-state index in [4.69, 9.17) is 0 Å². The van der Waals surface area contributed by atoms with E-state index >= 15 is 0 Å². The highest BCUT2D eigenvalue weighted by Crippen LogP contribution is 2.22. The minimum Gasteiger partial charge on any atom is -0.484 e. The third kappa shape index (κ3) is 5.46. The first kappa shape index (κ1) is 15.9. The summed E-state index contributed by atoms with van der Waals surface area (Å²) in [6, 6.07) is 7.08. The minimum absolute atomic E-state index is 0.235. The van der Waals surface area contributed by atoms with E-state index in [-0.39, 0.29) is 5.75 Å². The second-order valence-corrected chi connectivity index (χ2v) is 5.28. The number of rotatable bonds is 5. The molecule has 0 bridgehead atoms. The van der Waals surface area contributed by atoms with Crippen molar-refractivity contribution in [2.24, 2.45) is 0 Å². The van der Waals surface area contributed by atoms with Crippen molar-refractivity contribution < 1.29 is 17.9 Å². The van der Waals surface area contributed by atoms with E-state index in [1.807, 2.05) is 0 Å². The van der Waals surface area contributed by atoms with Crippen LogP contribution in [-0.2, 0) is 0 Å². The Hall–Kier alpha value is -1.43. The molecule has 1 N–H and O–H groups in total. The Bertz CT molecular complexity index is 426. The number of nitrogens with one attached hydrogen (secondary N) is 1. The molecule has 1 aromatic carbocycles. The highest BCUT2D eigenvalue weighted by molar-refractivity contribution is 5.47. The fraction of sp³-hybridized carbons (Fsp3) is 0.600. The molecule has 1 heterocycles. The van der Waals surface area contributed by atoms with Gasteiger partial charge in [0.25, 0.3) is 0 Å². The summed E-state index contributed by atoms with van der Waals surface area (Å²) in [6.07, 6.45) is -2.13. The fourth-order valence-corrected chi connectivity index (χ4v) is 2.44. The van der Waals surface area contributed by atoms with Crippen LogP contribution in [0.2, 0.25) is 0 Å². The summed E-state index contributed by atoms with van der Waals surface area (Å²) in [5.41, 5.74) is 0.921. The molecule has 1 aliphatic rings. The number of hydrogen-bond acceptors (Lipinski definition) is 3. The summed E-state index contributed by atoms with van der Waals surface area (Å²) in [5, 5.41) is 3.42. The Morgan fingerprint density at radius 2 is 1.81 bits per heavy atom. The molecular weight excluding hydrogens is 281 g/mol. The SMILES string of the molecule is CCN1CCC(Nc2ccc(OCC(F)(F)F)cc2)CC1. The number of ether oxygens (including phenoxy) is 1. The molecular formula is C15H21F3N2O. The molecule has 0 radical (unpaired) electrons. The molecule has 0 spiro atoms. The van der Waals surface area contributed by atoms with E-state index in [0.717, 1.165) is 38.2 Å². The molecule has 0 saturated carbocycles. The fourth-order valence-electron chi connectivity index (χ4n) is 2.44. The molecule has 1 fully saturated rings. The van der Waals surface area contributed by atoms with Crippen LogP contribution in [0.5, 0.6) is 5.75 Å². The van der Waals surface area contributed by atoms with Gasteiger partial charge in [0.2, 0.25) is 0 Å². The van der Waals surface area contributed by atoms with Gasteiger partial charge in [0.1, 0.15) is 5.75 Å². The van der Waals surface area contributed by atoms with Crippen LogP contribution in [0.1, 0.15) is 19.8 Å². The average molecular weight is 302 g/mol. The van der Waals surface area contributed by atoms with Crippen molar-refractivity contribution in [3.05, 3.63) is 24.3 Å². The number of alkyl halides is 3. The van der Waals surface area contributed by atoms with Gasteiger partial charge in [0.05, 0.1) is 0 Å². The second-order valence-electron chi connectivity index (χ2n) is 5.28. The molecule has 118 valence electrons. The number of halogens is 3. The summed E-state index contributed by atoms with van der Waals surface area (Å²) < 4.78 is 40.8. The maximum Gasteiger partial charge on any atom is 0.422 e. The van der Waals surface area contributed by atoms with Crippen molar-refractivity contribution in [1.29, 1.82) is 0 Å². The van der Waals surface area contributed by atoms with Crippen molar-refractivity contribution in [1.82, 2.24) is 4.90 Å².